The van der Waals surface area contributed by atoms with Gasteiger partial charge in [0.05, 0.1) is 16.6 Å². The monoisotopic (exact) mass is 476 g/mol. The molecular formula is C33H20N2S. The minimum Gasteiger partial charge on any atom is -0.308 e. The molecule has 0 fully saturated rings. The molecule has 0 amide bonds. The number of pyridine rings is 1. The maximum Gasteiger partial charge on any atom is 0.0977 e. The van der Waals surface area contributed by atoms with Crippen molar-refractivity contribution in [1.82, 2.24) is 9.55 Å². The number of hydrogen-bond donors (Lipinski definition) is 0. The Morgan fingerprint density at radius 2 is 1.39 bits per heavy atom. The Kier molecular flexibility index (Phi) is 4.13. The molecule has 5 aromatic carbocycles. The van der Waals surface area contributed by atoms with Crippen molar-refractivity contribution in [2.45, 2.75) is 0 Å². The third-order valence-electron chi connectivity index (χ3n) is 7.26. The number of nitrogens with zero attached hydrogens (tertiary/aromatic N) is 2. The van der Waals surface area contributed by atoms with Gasteiger partial charge in [0.25, 0.3) is 0 Å². The number of aromatic nitrogens is 2. The van der Waals surface area contributed by atoms with Crippen molar-refractivity contribution in [2.75, 3.05) is 0 Å². The van der Waals surface area contributed by atoms with E-state index < -0.39 is 0 Å². The second kappa shape index (κ2) is 7.51. The first-order valence-corrected chi connectivity index (χ1v) is 13.0. The first-order valence-electron chi connectivity index (χ1n) is 12.1. The molecule has 0 spiro atoms. The Morgan fingerprint density at radius 3 is 2.31 bits per heavy atom. The standard InChI is InChI=1S/C33H20N2S/c1-2-9-24-21(7-1)8-5-11-25(24)22-14-16-23(17-15-22)35-28-19-18-27-26-10-3-4-13-30(26)36-33(27)31(28)32-29(35)12-6-20-34-32/h1-20H. The fraction of sp³-hybridized carbons (Fsp3) is 0. The van der Waals surface area contributed by atoms with E-state index >= 15 is 0 Å². The number of rotatable bonds is 2. The molecule has 0 unspecified atom stereocenters. The van der Waals surface area contributed by atoms with Crippen molar-refractivity contribution in [2.24, 2.45) is 0 Å². The zero-order valence-electron chi connectivity index (χ0n) is 19.3. The lowest BCUT2D eigenvalue weighted by Crippen LogP contribution is -1.94. The minimum absolute atomic E-state index is 1.06. The minimum atomic E-state index is 1.06. The van der Waals surface area contributed by atoms with E-state index in [9.17, 15) is 0 Å². The summed E-state index contributed by atoms with van der Waals surface area (Å²) in [6, 6.07) is 41.5. The van der Waals surface area contributed by atoms with Crippen LogP contribution in [0.1, 0.15) is 0 Å². The first-order chi connectivity index (χ1) is 17.9. The molecule has 0 saturated heterocycles. The number of fused-ring (bicyclic) bond motifs is 8. The van der Waals surface area contributed by atoms with Gasteiger partial charge in [-0.2, -0.15) is 0 Å². The number of benzene rings is 5. The van der Waals surface area contributed by atoms with Gasteiger partial charge >= 0.3 is 0 Å². The third kappa shape index (κ3) is 2.75. The van der Waals surface area contributed by atoms with Crippen molar-refractivity contribution in [3.63, 3.8) is 0 Å². The van der Waals surface area contributed by atoms with E-state index in [1.807, 2.05) is 23.6 Å². The van der Waals surface area contributed by atoms with Crippen LogP contribution in [0.15, 0.2) is 121 Å². The van der Waals surface area contributed by atoms with Gasteiger partial charge in [-0.25, -0.2) is 0 Å². The highest BCUT2D eigenvalue weighted by Crippen LogP contribution is 2.42. The van der Waals surface area contributed by atoms with Gasteiger partial charge < -0.3 is 4.57 Å². The molecule has 0 radical (unpaired) electrons. The van der Waals surface area contributed by atoms with Crippen molar-refractivity contribution >= 4 is 64.2 Å². The fourth-order valence-electron chi connectivity index (χ4n) is 5.64. The summed E-state index contributed by atoms with van der Waals surface area (Å²) in [5.74, 6) is 0. The quantitative estimate of drug-likeness (QED) is 0.243. The van der Waals surface area contributed by atoms with Gasteiger partial charge in [0.2, 0.25) is 0 Å². The van der Waals surface area contributed by atoms with Gasteiger partial charge in [-0.15, -0.1) is 11.3 Å². The van der Waals surface area contributed by atoms with Crippen LogP contribution < -0.4 is 0 Å². The van der Waals surface area contributed by atoms with Gasteiger partial charge in [-0.05, 0) is 58.3 Å². The van der Waals surface area contributed by atoms with Gasteiger partial charge in [0, 0.05) is 37.4 Å². The highest BCUT2D eigenvalue weighted by molar-refractivity contribution is 7.26. The smallest absolute Gasteiger partial charge is 0.0977 e. The molecule has 0 aliphatic carbocycles. The molecule has 8 rings (SSSR count). The normalized spacial score (nSPS) is 11.9. The van der Waals surface area contributed by atoms with E-state index in [2.05, 4.69) is 114 Å². The topological polar surface area (TPSA) is 17.8 Å². The molecule has 3 heteroatoms. The first kappa shape index (κ1) is 19.8. The molecule has 36 heavy (non-hydrogen) atoms. The van der Waals surface area contributed by atoms with Crippen LogP contribution in [0.4, 0.5) is 0 Å². The molecule has 0 atom stereocenters. The second-order valence-corrected chi connectivity index (χ2v) is 10.3. The highest BCUT2D eigenvalue weighted by Gasteiger charge is 2.18. The highest BCUT2D eigenvalue weighted by atomic mass is 32.1. The van der Waals surface area contributed by atoms with Crippen molar-refractivity contribution < 1.29 is 0 Å². The van der Waals surface area contributed by atoms with Crippen LogP contribution in [0, 0.1) is 0 Å². The van der Waals surface area contributed by atoms with Crippen molar-refractivity contribution in [3.8, 4) is 16.8 Å². The SMILES string of the molecule is c1ccc2c(-c3ccc(-n4c5cccnc5c5c6sc7ccccc7c6ccc54)cc3)cccc2c1. The Labute approximate surface area is 211 Å². The summed E-state index contributed by atoms with van der Waals surface area (Å²) in [5.41, 5.74) is 7.02. The van der Waals surface area contributed by atoms with Gasteiger partial charge in [-0.3, -0.25) is 4.98 Å². The fourth-order valence-corrected chi connectivity index (χ4v) is 6.88. The molecule has 3 aromatic heterocycles. The lowest BCUT2D eigenvalue weighted by molar-refractivity contribution is 1.18. The summed E-state index contributed by atoms with van der Waals surface area (Å²) in [5, 5.41) is 6.40. The summed E-state index contributed by atoms with van der Waals surface area (Å²) in [6.07, 6.45) is 1.90. The van der Waals surface area contributed by atoms with Crippen molar-refractivity contribution in [3.05, 3.63) is 121 Å². The summed E-state index contributed by atoms with van der Waals surface area (Å²) >= 11 is 1.86. The molecule has 0 aliphatic rings. The number of hydrogen-bond acceptors (Lipinski definition) is 2. The Morgan fingerprint density at radius 1 is 0.583 bits per heavy atom. The van der Waals surface area contributed by atoms with E-state index in [0.29, 0.717) is 0 Å². The van der Waals surface area contributed by atoms with Crippen LogP contribution in [0.5, 0.6) is 0 Å². The Hall–Kier alpha value is -4.47. The lowest BCUT2D eigenvalue weighted by Gasteiger charge is -2.11. The lowest BCUT2D eigenvalue weighted by atomic mass is 9.98. The van der Waals surface area contributed by atoms with Crippen LogP contribution in [0.25, 0.3) is 69.7 Å². The van der Waals surface area contributed by atoms with E-state index in [1.54, 1.807) is 0 Å². The largest absolute Gasteiger partial charge is 0.308 e. The van der Waals surface area contributed by atoms with Crippen LogP contribution in [0.2, 0.25) is 0 Å². The zero-order valence-corrected chi connectivity index (χ0v) is 20.2. The van der Waals surface area contributed by atoms with E-state index in [0.717, 1.165) is 16.7 Å². The average molecular weight is 477 g/mol. The van der Waals surface area contributed by atoms with Gasteiger partial charge in [0.1, 0.15) is 0 Å². The van der Waals surface area contributed by atoms with Crippen molar-refractivity contribution in [1.29, 1.82) is 0 Å². The summed E-state index contributed by atoms with van der Waals surface area (Å²) < 4.78 is 4.98. The predicted molar refractivity (Wildman–Crippen MR) is 154 cm³/mol. The molecule has 0 aliphatic heterocycles. The van der Waals surface area contributed by atoms with E-state index in [4.69, 9.17) is 4.98 Å². The molecule has 168 valence electrons. The Bertz CT molecular complexity index is 2090. The molecule has 2 nitrogen and oxygen atoms in total. The van der Waals surface area contributed by atoms with Crippen LogP contribution >= 0.6 is 11.3 Å². The molecule has 0 N–H and O–H groups in total. The van der Waals surface area contributed by atoms with E-state index in [1.165, 1.54) is 53.0 Å². The molecule has 0 bridgehead atoms. The summed E-state index contributed by atoms with van der Waals surface area (Å²) in [7, 11) is 0. The summed E-state index contributed by atoms with van der Waals surface area (Å²) in [6.45, 7) is 0. The average Bonchev–Trinajstić information content (AvgIpc) is 3.49. The van der Waals surface area contributed by atoms with Crippen LogP contribution in [0.3, 0.4) is 0 Å². The maximum absolute atomic E-state index is 4.86. The van der Waals surface area contributed by atoms with Gasteiger partial charge in [0.15, 0.2) is 0 Å². The predicted octanol–water partition coefficient (Wildman–Crippen LogP) is 9.37. The molecular weight excluding hydrogens is 456 g/mol. The second-order valence-electron chi connectivity index (χ2n) is 9.21. The van der Waals surface area contributed by atoms with Crippen LogP contribution in [-0.2, 0) is 0 Å². The zero-order chi connectivity index (χ0) is 23.6. The molecule has 3 heterocycles. The molecule has 0 saturated carbocycles. The van der Waals surface area contributed by atoms with E-state index in [-0.39, 0.29) is 0 Å². The van der Waals surface area contributed by atoms with Gasteiger partial charge in [-0.1, -0.05) is 78.9 Å². The van der Waals surface area contributed by atoms with Crippen LogP contribution in [-0.4, -0.2) is 9.55 Å². The third-order valence-corrected chi connectivity index (χ3v) is 8.46. The Balaban J connectivity index is 1.38. The maximum atomic E-state index is 4.86. The summed E-state index contributed by atoms with van der Waals surface area (Å²) in [4.78, 5) is 4.86. The molecule has 8 aromatic rings. The number of thiophene rings is 1.